The molecule has 1 amide bonds. The van der Waals surface area contributed by atoms with Gasteiger partial charge in [-0.25, -0.2) is 4.98 Å². The number of fused-ring (bicyclic) bond motifs is 1. The Balaban J connectivity index is 1.58. The van der Waals surface area contributed by atoms with Crippen LogP contribution in [0.15, 0.2) is 42.7 Å². The van der Waals surface area contributed by atoms with Crippen LogP contribution in [0.5, 0.6) is 0 Å². The molecule has 3 heterocycles. The summed E-state index contributed by atoms with van der Waals surface area (Å²) in [6.07, 6.45) is 3.09. The molecular formula is C23H23ClN6O2. The number of halogens is 1. The number of aromatic nitrogens is 5. The number of morpholine rings is 1. The highest BCUT2D eigenvalue weighted by atomic mass is 35.5. The SMILES string of the molecule is Cc1ccc(-n2nccn2)c(C(=O)N2C[C@H](C)OC[C@H]2c2nc3c(C)c(Cl)ccc3[nH]2)c1. The lowest BCUT2D eigenvalue weighted by Crippen LogP contribution is -2.47. The fourth-order valence-corrected chi connectivity index (χ4v) is 4.26. The molecule has 4 aromatic rings. The highest BCUT2D eigenvalue weighted by Crippen LogP contribution is 2.31. The second kappa shape index (κ2) is 8.03. The second-order valence-electron chi connectivity index (χ2n) is 8.15. The zero-order valence-corrected chi connectivity index (χ0v) is 18.8. The van der Waals surface area contributed by atoms with E-state index in [1.807, 2.05) is 56.0 Å². The molecule has 5 rings (SSSR count). The topological polar surface area (TPSA) is 88.9 Å². The Labute approximate surface area is 190 Å². The molecule has 1 N–H and O–H groups in total. The van der Waals surface area contributed by atoms with Crippen LogP contribution in [-0.4, -0.2) is 55.0 Å². The summed E-state index contributed by atoms with van der Waals surface area (Å²) in [6, 6.07) is 9.08. The molecule has 1 saturated heterocycles. The number of imidazole rings is 1. The Morgan fingerprint density at radius 2 is 1.97 bits per heavy atom. The van der Waals surface area contributed by atoms with Crippen LogP contribution >= 0.6 is 11.6 Å². The molecule has 32 heavy (non-hydrogen) atoms. The van der Waals surface area contributed by atoms with E-state index in [9.17, 15) is 4.79 Å². The molecule has 164 valence electrons. The van der Waals surface area contributed by atoms with Gasteiger partial charge in [-0.3, -0.25) is 4.79 Å². The smallest absolute Gasteiger partial charge is 0.256 e. The molecule has 1 aliphatic rings. The summed E-state index contributed by atoms with van der Waals surface area (Å²) in [5.74, 6) is 0.563. The van der Waals surface area contributed by atoms with Gasteiger partial charge in [0.05, 0.1) is 47.4 Å². The predicted molar refractivity (Wildman–Crippen MR) is 121 cm³/mol. The lowest BCUT2D eigenvalue weighted by molar-refractivity contribution is -0.0467. The lowest BCUT2D eigenvalue weighted by Gasteiger charge is -2.38. The molecule has 0 unspecified atom stereocenters. The van der Waals surface area contributed by atoms with Crippen LogP contribution in [0.4, 0.5) is 0 Å². The molecule has 0 saturated carbocycles. The summed E-state index contributed by atoms with van der Waals surface area (Å²) >= 11 is 6.28. The van der Waals surface area contributed by atoms with Gasteiger partial charge in [-0.1, -0.05) is 23.2 Å². The summed E-state index contributed by atoms with van der Waals surface area (Å²) in [5.41, 5.74) is 4.74. The first-order chi connectivity index (χ1) is 15.4. The van der Waals surface area contributed by atoms with Crippen molar-refractivity contribution in [2.24, 2.45) is 0 Å². The van der Waals surface area contributed by atoms with E-state index >= 15 is 0 Å². The Morgan fingerprint density at radius 3 is 2.75 bits per heavy atom. The molecule has 0 radical (unpaired) electrons. The third kappa shape index (κ3) is 3.55. The van der Waals surface area contributed by atoms with Crippen molar-refractivity contribution in [3.63, 3.8) is 0 Å². The number of hydrogen-bond donors (Lipinski definition) is 1. The Hall–Kier alpha value is -3.23. The van der Waals surface area contributed by atoms with Crippen LogP contribution in [0.2, 0.25) is 5.02 Å². The zero-order valence-electron chi connectivity index (χ0n) is 18.0. The number of nitrogens with one attached hydrogen (secondary N) is 1. The van der Waals surface area contributed by atoms with E-state index in [0.717, 1.165) is 22.2 Å². The largest absolute Gasteiger partial charge is 0.374 e. The zero-order chi connectivity index (χ0) is 22.4. The number of ether oxygens (including phenoxy) is 1. The van der Waals surface area contributed by atoms with Crippen LogP contribution in [0.25, 0.3) is 16.7 Å². The van der Waals surface area contributed by atoms with Gasteiger partial charge in [-0.15, -0.1) is 0 Å². The highest BCUT2D eigenvalue weighted by Gasteiger charge is 2.35. The van der Waals surface area contributed by atoms with Crippen LogP contribution in [0, 0.1) is 13.8 Å². The standard InChI is InChI=1S/C23H23ClN6O2/c1-13-4-7-19(30-25-8-9-26-30)16(10-13)23(31)29-11-14(2)32-12-20(29)22-27-18-6-5-17(24)15(3)21(18)28-22/h4-10,14,20H,11-12H2,1-3H3,(H,27,28)/t14-,20-/m0/s1. The molecule has 9 heteroatoms. The number of H-pyrrole nitrogens is 1. The minimum atomic E-state index is -0.358. The number of rotatable bonds is 3. The fraction of sp³-hybridized carbons (Fsp3) is 0.304. The minimum Gasteiger partial charge on any atom is -0.374 e. The van der Waals surface area contributed by atoms with E-state index < -0.39 is 0 Å². The molecule has 0 bridgehead atoms. The average Bonchev–Trinajstić information content (AvgIpc) is 3.46. The highest BCUT2D eigenvalue weighted by molar-refractivity contribution is 6.32. The van der Waals surface area contributed by atoms with Crippen molar-refractivity contribution in [2.45, 2.75) is 32.9 Å². The quantitative estimate of drug-likeness (QED) is 0.509. The van der Waals surface area contributed by atoms with E-state index in [4.69, 9.17) is 21.3 Å². The van der Waals surface area contributed by atoms with Crippen molar-refractivity contribution in [3.05, 3.63) is 70.3 Å². The molecule has 1 aliphatic heterocycles. The van der Waals surface area contributed by atoms with Crippen molar-refractivity contribution in [2.75, 3.05) is 13.2 Å². The van der Waals surface area contributed by atoms with Crippen LogP contribution in [-0.2, 0) is 4.74 Å². The number of benzene rings is 2. The molecule has 2 aromatic heterocycles. The van der Waals surface area contributed by atoms with Crippen molar-refractivity contribution in [1.82, 2.24) is 29.9 Å². The number of hydrogen-bond acceptors (Lipinski definition) is 5. The van der Waals surface area contributed by atoms with Gasteiger partial charge < -0.3 is 14.6 Å². The number of carbonyl (C=O) groups excluding carboxylic acids is 1. The van der Waals surface area contributed by atoms with Crippen molar-refractivity contribution >= 4 is 28.5 Å². The maximum Gasteiger partial charge on any atom is 0.256 e. The first-order valence-corrected chi connectivity index (χ1v) is 10.8. The van der Waals surface area contributed by atoms with E-state index in [1.165, 1.54) is 4.80 Å². The number of aromatic amines is 1. The van der Waals surface area contributed by atoms with Crippen LogP contribution in [0.3, 0.4) is 0 Å². The molecule has 0 aliphatic carbocycles. The molecule has 2 aromatic carbocycles. The molecule has 1 fully saturated rings. The summed E-state index contributed by atoms with van der Waals surface area (Å²) in [6.45, 7) is 6.65. The number of nitrogens with zero attached hydrogens (tertiary/aromatic N) is 5. The number of carbonyl (C=O) groups is 1. The summed E-state index contributed by atoms with van der Waals surface area (Å²) in [4.78, 5) is 25.3. The van der Waals surface area contributed by atoms with Gasteiger partial charge >= 0.3 is 0 Å². The Kier molecular flexibility index (Phi) is 5.19. The predicted octanol–water partition coefficient (Wildman–Crippen LogP) is 4.02. The molecular weight excluding hydrogens is 428 g/mol. The van der Waals surface area contributed by atoms with Gasteiger partial charge in [0.15, 0.2) is 0 Å². The third-order valence-corrected chi connectivity index (χ3v) is 6.23. The van der Waals surface area contributed by atoms with E-state index in [-0.39, 0.29) is 18.1 Å². The van der Waals surface area contributed by atoms with Crippen LogP contribution in [0.1, 0.15) is 40.3 Å². The van der Waals surface area contributed by atoms with Gasteiger partial charge in [-0.2, -0.15) is 15.0 Å². The van der Waals surface area contributed by atoms with Gasteiger partial charge in [0.2, 0.25) is 0 Å². The van der Waals surface area contributed by atoms with Gasteiger partial charge in [0.1, 0.15) is 11.9 Å². The lowest BCUT2D eigenvalue weighted by atomic mass is 10.1. The summed E-state index contributed by atoms with van der Waals surface area (Å²) in [7, 11) is 0. The minimum absolute atomic E-state index is 0.0909. The van der Waals surface area contributed by atoms with E-state index in [2.05, 4.69) is 15.2 Å². The number of aryl methyl sites for hydroxylation is 2. The third-order valence-electron chi connectivity index (χ3n) is 5.82. The summed E-state index contributed by atoms with van der Waals surface area (Å²) in [5, 5.41) is 9.10. The van der Waals surface area contributed by atoms with Gasteiger partial charge in [0, 0.05) is 11.6 Å². The first-order valence-electron chi connectivity index (χ1n) is 10.5. The maximum absolute atomic E-state index is 13.9. The van der Waals surface area contributed by atoms with E-state index in [0.29, 0.717) is 35.2 Å². The molecule has 8 nitrogen and oxygen atoms in total. The first kappa shape index (κ1) is 20.7. The van der Waals surface area contributed by atoms with Crippen molar-refractivity contribution in [3.8, 4) is 5.69 Å². The molecule has 0 spiro atoms. The Morgan fingerprint density at radius 1 is 1.19 bits per heavy atom. The normalized spacial score (nSPS) is 18.9. The summed E-state index contributed by atoms with van der Waals surface area (Å²) < 4.78 is 5.93. The monoisotopic (exact) mass is 450 g/mol. The maximum atomic E-state index is 13.9. The molecule has 2 atom stereocenters. The second-order valence-corrected chi connectivity index (χ2v) is 8.55. The van der Waals surface area contributed by atoms with E-state index in [1.54, 1.807) is 12.4 Å². The Bertz CT molecular complexity index is 1300. The van der Waals surface area contributed by atoms with Crippen molar-refractivity contribution < 1.29 is 9.53 Å². The fourth-order valence-electron chi connectivity index (χ4n) is 4.11. The average molecular weight is 451 g/mol. The van der Waals surface area contributed by atoms with Gasteiger partial charge in [0.25, 0.3) is 5.91 Å². The van der Waals surface area contributed by atoms with Gasteiger partial charge in [-0.05, 0) is 50.6 Å². The number of amides is 1. The van der Waals surface area contributed by atoms with Crippen LogP contribution < -0.4 is 0 Å². The van der Waals surface area contributed by atoms with Crippen molar-refractivity contribution in [1.29, 1.82) is 0 Å².